The molecule has 14 nitrogen and oxygen atoms in total. The molecule has 0 aromatic heterocycles. The second-order valence-electron chi connectivity index (χ2n) is 20.4. The molecule has 412 valence electrons. The first-order valence-electron chi connectivity index (χ1n) is 28.6. The van der Waals surface area contributed by atoms with Crippen LogP contribution in [0.15, 0.2) is 24.3 Å². The maximum absolute atomic E-state index is 13.2. The Morgan fingerprint density at radius 2 is 0.900 bits per heavy atom. The number of ether oxygens (including phenoxy) is 4. The Bertz CT molecular complexity index is 1270. The number of aliphatic hydroxyl groups is 8. The molecule has 70 heavy (non-hydrogen) atoms. The molecule has 2 rings (SSSR count). The van der Waals surface area contributed by atoms with Crippen molar-refractivity contribution in [3.8, 4) is 0 Å². The van der Waals surface area contributed by atoms with Gasteiger partial charge in [0, 0.05) is 6.42 Å². The van der Waals surface area contributed by atoms with Gasteiger partial charge in [0.2, 0.25) is 5.91 Å². The number of rotatable bonds is 45. The maximum Gasteiger partial charge on any atom is 0.220 e. The van der Waals surface area contributed by atoms with Crippen molar-refractivity contribution in [3.63, 3.8) is 0 Å². The average molecular weight is 1000 g/mol. The lowest BCUT2D eigenvalue weighted by molar-refractivity contribution is -0.359. The zero-order chi connectivity index (χ0) is 51.0. The minimum atomic E-state index is -1.79. The van der Waals surface area contributed by atoms with Crippen LogP contribution in [0.5, 0.6) is 0 Å². The van der Waals surface area contributed by atoms with Crippen molar-refractivity contribution in [3.05, 3.63) is 24.3 Å². The molecule has 0 radical (unpaired) electrons. The highest BCUT2D eigenvalue weighted by Gasteiger charge is 2.51. The second kappa shape index (κ2) is 42.8. The standard InChI is InChI=1S/C56H105NO13/c1-3-5-7-9-11-13-15-17-18-19-20-21-22-23-24-25-26-28-29-31-33-35-37-39-45(60)44(57-48(61)40-38-36-34-32-30-27-16-14-12-10-8-6-4-2)43-67-55-53(66)51(64)54(47(42-59)69-55)70-56-52(65)50(63)49(62)46(41-58)68-56/h14,16,37,39,44-47,49-56,58-60,62-66H,3-13,15,17-36,38,40-43H2,1-2H3,(H,57,61)/b16-14-,39-37+. The molecule has 0 aliphatic carbocycles. The highest BCUT2D eigenvalue weighted by atomic mass is 16.7. The normalized spacial score (nSPS) is 26.1. The van der Waals surface area contributed by atoms with Gasteiger partial charge in [-0.2, -0.15) is 0 Å². The SMILES string of the molecule is CCCCCC/C=C\CCCCCCCC(=O)NC(COC1OC(CO)C(OC2OC(CO)C(O)C(O)C2O)C(O)C1O)C(O)/C=C/CCCCCCCCCCCCCCCCCCCCCCC. The minimum Gasteiger partial charge on any atom is -0.394 e. The van der Waals surface area contributed by atoms with E-state index in [2.05, 4.69) is 31.3 Å². The minimum absolute atomic E-state index is 0.247. The van der Waals surface area contributed by atoms with Crippen molar-refractivity contribution >= 4 is 5.91 Å². The summed E-state index contributed by atoms with van der Waals surface area (Å²) < 4.78 is 22.7. The smallest absolute Gasteiger partial charge is 0.220 e. The van der Waals surface area contributed by atoms with Gasteiger partial charge in [-0.25, -0.2) is 0 Å². The lowest BCUT2D eigenvalue weighted by Gasteiger charge is -2.46. The molecular weight excluding hydrogens is 895 g/mol. The Morgan fingerprint density at radius 3 is 1.37 bits per heavy atom. The highest BCUT2D eigenvalue weighted by molar-refractivity contribution is 5.76. The molecule has 0 aromatic carbocycles. The fourth-order valence-electron chi connectivity index (χ4n) is 9.46. The van der Waals surface area contributed by atoms with E-state index < -0.39 is 86.8 Å². The molecule has 0 bridgehead atoms. The van der Waals surface area contributed by atoms with E-state index in [1.165, 1.54) is 148 Å². The molecule has 2 aliphatic heterocycles. The van der Waals surface area contributed by atoms with Gasteiger partial charge in [-0.15, -0.1) is 0 Å². The molecule has 0 spiro atoms. The Morgan fingerprint density at radius 1 is 0.500 bits per heavy atom. The van der Waals surface area contributed by atoms with E-state index in [0.29, 0.717) is 6.42 Å². The van der Waals surface area contributed by atoms with Gasteiger partial charge >= 0.3 is 0 Å². The van der Waals surface area contributed by atoms with Gasteiger partial charge in [0.25, 0.3) is 0 Å². The zero-order valence-corrected chi connectivity index (χ0v) is 44.0. The number of hydrogen-bond donors (Lipinski definition) is 9. The molecule has 12 unspecified atom stereocenters. The van der Waals surface area contributed by atoms with Gasteiger partial charge < -0.3 is 65.1 Å². The van der Waals surface area contributed by atoms with Crippen LogP contribution in [0, 0.1) is 0 Å². The average Bonchev–Trinajstić information content (AvgIpc) is 3.36. The first kappa shape index (κ1) is 64.6. The van der Waals surface area contributed by atoms with E-state index in [1.54, 1.807) is 6.08 Å². The largest absolute Gasteiger partial charge is 0.394 e. The van der Waals surface area contributed by atoms with Gasteiger partial charge in [0.05, 0.1) is 32.0 Å². The molecule has 12 atom stereocenters. The van der Waals surface area contributed by atoms with Crippen molar-refractivity contribution in [2.45, 2.75) is 306 Å². The topological polar surface area (TPSA) is 228 Å². The molecule has 1 amide bonds. The summed E-state index contributed by atoms with van der Waals surface area (Å²) in [5.74, 6) is -0.247. The van der Waals surface area contributed by atoms with Crippen LogP contribution in [0.1, 0.15) is 232 Å². The van der Waals surface area contributed by atoms with E-state index in [-0.39, 0.29) is 18.9 Å². The fraction of sp³-hybridized carbons (Fsp3) is 0.911. The second-order valence-corrected chi connectivity index (χ2v) is 20.4. The van der Waals surface area contributed by atoms with Gasteiger partial charge in [-0.1, -0.05) is 205 Å². The van der Waals surface area contributed by atoms with Gasteiger partial charge in [0.15, 0.2) is 12.6 Å². The Balaban J connectivity index is 1.77. The summed E-state index contributed by atoms with van der Waals surface area (Å²) in [5, 5.41) is 86.9. The molecule has 2 saturated heterocycles. The summed E-state index contributed by atoms with van der Waals surface area (Å²) in [4.78, 5) is 13.2. The summed E-state index contributed by atoms with van der Waals surface area (Å²) in [6, 6.07) is -0.916. The van der Waals surface area contributed by atoms with Crippen LogP contribution >= 0.6 is 0 Å². The monoisotopic (exact) mass is 1000 g/mol. The maximum atomic E-state index is 13.2. The molecule has 0 saturated carbocycles. The van der Waals surface area contributed by atoms with Gasteiger partial charge in [-0.3, -0.25) is 4.79 Å². The fourth-order valence-corrected chi connectivity index (χ4v) is 9.46. The van der Waals surface area contributed by atoms with Crippen molar-refractivity contribution in [1.82, 2.24) is 5.32 Å². The molecule has 14 heteroatoms. The number of unbranched alkanes of at least 4 members (excludes halogenated alkanes) is 30. The summed E-state index contributed by atoms with van der Waals surface area (Å²) >= 11 is 0. The van der Waals surface area contributed by atoms with E-state index in [4.69, 9.17) is 18.9 Å². The molecule has 9 N–H and O–H groups in total. The van der Waals surface area contributed by atoms with E-state index >= 15 is 0 Å². The Kier molecular flexibility index (Phi) is 39.5. The number of allylic oxidation sites excluding steroid dienone is 3. The summed E-state index contributed by atoms with van der Waals surface area (Å²) in [5.41, 5.74) is 0. The van der Waals surface area contributed by atoms with Gasteiger partial charge in [-0.05, 0) is 44.9 Å². The van der Waals surface area contributed by atoms with Crippen LogP contribution in [0.3, 0.4) is 0 Å². The number of carbonyl (C=O) groups excluding carboxylic acids is 1. The third kappa shape index (κ3) is 28.8. The first-order valence-corrected chi connectivity index (χ1v) is 28.6. The number of nitrogens with one attached hydrogen (secondary N) is 1. The molecule has 0 aromatic rings. The van der Waals surface area contributed by atoms with Crippen molar-refractivity contribution in [1.29, 1.82) is 0 Å². The Labute approximate surface area is 424 Å². The van der Waals surface area contributed by atoms with Crippen LogP contribution in [0.2, 0.25) is 0 Å². The Hall–Kier alpha value is -1.53. The number of amides is 1. The third-order valence-electron chi connectivity index (χ3n) is 14.1. The van der Waals surface area contributed by atoms with Crippen molar-refractivity contribution in [2.75, 3.05) is 19.8 Å². The van der Waals surface area contributed by atoms with Crippen LogP contribution in [0.4, 0.5) is 0 Å². The summed E-state index contributed by atoms with van der Waals surface area (Å²) in [6.45, 7) is 2.78. The van der Waals surface area contributed by atoms with Crippen LogP contribution in [-0.4, -0.2) is 140 Å². The van der Waals surface area contributed by atoms with Crippen LogP contribution in [-0.2, 0) is 23.7 Å². The zero-order valence-electron chi connectivity index (χ0n) is 44.0. The lowest BCUT2D eigenvalue weighted by Crippen LogP contribution is -2.65. The molecular formula is C56H105NO13. The first-order chi connectivity index (χ1) is 34.1. The third-order valence-corrected chi connectivity index (χ3v) is 14.1. The van der Waals surface area contributed by atoms with Crippen LogP contribution < -0.4 is 5.32 Å². The number of aliphatic hydroxyl groups excluding tert-OH is 8. The number of carbonyl (C=O) groups is 1. The number of hydrogen-bond acceptors (Lipinski definition) is 13. The quantitative estimate of drug-likeness (QED) is 0.0205. The predicted octanol–water partition coefficient (Wildman–Crippen LogP) is 8.89. The lowest BCUT2D eigenvalue weighted by atomic mass is 9.97. The van der Waals surface area contributed by atoms with Gasteiger partial charge in [0.1, 0.15) is 48.8 Å². The van der Waals surface area contributed by atoms with E-state index in [1.807, 2.05) is 6.08 Å². The molecule has 2 aliphatic rings. The van der Waals surface area contributed by atoms with Crippen LogP contribution in [0.25, 0.3) is 0 Å². The van der Waals surface area contributed by atoms with E-state index in [0.717, 1.165) is 57.8 Å². The highest BCUT2D eigenvalue weighted by Crippen LogP contribution is 2.30. The molecule has 2 fully saturated rings. The predicted molar refractivity (Wildman–Crippen MR) is 277 cm³/mol. The summed E-state index contributed by atoms with van der Waals surface area (Å²) in [7, 11) is 0. The molecule has 2 heterocycles. The summed E-state index contributed by atoms with van der Waals surface area (Å²) in [6.07, 6.45) is 32.2. The van der Waals surface area contributed by atoms with Crippen molar-refractivity contribution in [2.24, 2.45) is 0 Å². The van der Waals surface area contributed by atoms with Crippen molar-refractivity contribution < 1.29 is 64.6 Å². The van der Waals surface area contributed by atoms with E-state index in [9.17, 15) is 45.6 Å².